The molecule has 2 aromatic rings. The number of nitrogens with one attached hydrogen (secondary N) is 2. The molecule has 2 amide bonds. The summed E-state index contributed by atoms with van der Waals surface area (Å²) in [5, 5.41) is 57.4. The van der Waals surface area contributed by atoms with Crippen molar-refractivity contribution in [3.63, 3.8) is 0 Å². The second-order valence-corrected chi connectivity index (χ2v) is 6.88. The Labute approximate surface area is 195 Å². The third-order valence-electron chi connectivity index (χ3n) is 4.07. The molecule has 0 saturated heterocycles. The van der Waals surface area contributed by atoms with Crippen molar-refractivity contribution >= 4 is 60.3 Å². The molecule has 0 aliphatic heterocycles. The fraction of sp³-hybridized carbons (Fsp3) is 0.200. The van der Waals surface area contributed by atoms with Crippen molar-refractivity contribution in [2.45, 2.75) is 25.7 Å². The number of carbonyl (C=O) groups excluding carboxylic acids is 2. The van der Waals surface area contributed by atoms with E-state index in [1.54, 1.807) is 24.3 Å². The molecule has 12 nitrogen and oxygen atoms in total. The highest BCUT2D eigenvalue weighted by Gasteiger charge is 2.13. The number of benzene rings is 2. The summed E-state index contributed by atoms with van der Waals surface area (Å²) in [6.45, 7) is 0. The van der Waals surface area contributed by atoms with Crippen LogP contribution in [0.5, 0.6) is 0 Å². The second kappa shape index (κ2) is 14.4. The number of amides is 2. The first kappa shape index (κ1) is 28.3. The molecule has 8 N–H and O–H groups in total. The molecular formula is C20H24B2N2O10. The largest absolute Gasteiger partial charge is 0.488 e. The van der Waals surface area contributed by atoms with Gasteiger partial charge in [0.1, 0.15) is 0 Å². The van der Waals surface area contributed by atoms with Gasteiger partial charge in [-0.25, -0.2) is 0 Å². The number of aliphatic carboxylic acids is 2. The summed E-state index contributed by atoms with van der Waals surface area (Å²) < 4.78 is 0. The summed E-state index contributed by atoms with van der Waals surface area (Å²) in [5.41, 5.74) is 1.29. The predicted octanol–water partition coefficient (Wildman–Crippen LogP) is -1.66. The van der Waals surface area contributed by atoms with Gasteiger partial charge in [-0.3, -0.25) is 19.2 Å². The van der Waals surface area contributed by atoms with Gasteiger partial charge in [-0.1, -0.05) is 24.3 Å². The van der Waals surface area contributed by atoms with Crippen molar-refractivity contribution in [3.8, 4) is 0 Å². The average molecular weight is 474 g/mol. The fourth-order valence-corrected chi connectivity index (χ4v) is 2.44. The standard InChI is InChI=1S/2C10H12BNO5/c2*13-9(4-5-10(14)15)12-8-3-1-2-7(6-8)11(16)17/h2*1-3,6,16-17H,4-5H2,(H,12,13)(H,14,15). The van der Waals surface area contributed by atoms with Crippen LogP contribution in [-0.2, 0) is 19.2 Å². The molecule has 0 aliphatic carbocycles. The summed E-state index contributed by atoms with van der Waals surface area (Å²) in [5.74, 6) is -2.95. The zero-order valence-electron chi connectivity index (χ0n) is 17.9. The van der Waals surface area contributed by atoms with Gasteiger partial charge >= 0.3 is 26.2 Å². The lowest BCUT2D eigenvalue weighted by molar-refractivity contribution is -0.138. The molecule has 0 bridgehead atoms. The Kier molecular flexibility index (Phi) is 12.0. The number of carboxylic acid groups (broad SMARTS) is 2. The van der Waals surface area contributed by atoms with Crippen LogP contribution in [0.25, 0.3) is 0 Å². The van der Waals surface area contributed by atoms with Crippen molar-refractivity contribution in [1.29, 1.82) is 0 Å². The molecular weight excluding hydrogens is 450 g/mol. The zero-order chi connectivity index (χ0) is 25.7. The number of carboxylic acids is 2. The maximum absolute atomic E-state index is 11.3. The number of rotatable bonds is 10. The van der Waals surface area contributed by atoms with Crippen molar-refractivity contribution in [1.82, 2.24) is 0 Å². The van der Waals surface area contributed by atoms with E-state index in [1.165, 1.54) is 24.3 Å². The van der Waals surface area contributed by atoms with E-state index in [9.17, 15) is 19.2 Å². The Morgan fingerprint density at radius 2 is 0.971 bits per heavy atom. The SMILES string of the molecule is O=C(O)CCC(=O)Nc1cccc(B(O)O)c1.O=C(O)CCC(=O)Nc1cccc(B(O)O)c1. The van der Waals surface area contributed by atoms with Crippen LogP contribution >= 0.6 is 0 Å². The van der Waals surface area contributed by atoms with Crippen LogP contribution in [0.1, 0.15) is 25.7 Å². The molecule has 0 spiro atoms. The van der Waals surface area contributed by atoms with Crippen molar-refractivity contribution < 1.29 is 49.5 Å². The number of carbonyl (C=O) groups is 4. The van der Waals surface area contributed by atoms with E-state index in [-0.39, 0.29) is 36.6 Å². The van der Waals surface area contributed by atoms with Gasteiger partial charge in [0.15, 0.2) is 0 Å². The van der Waals surface area contributed by atoms with Crippen LogP contribution in [0, 0.1) is 0 Å². The van der Waals surface area contributed by atoms with Crippen molar-refractivity contribution in [2.24, 2.45) is 0 Å². The van der Waals surface area contributed by atoms with E-state index < -0.39 is 38.0 Å². The van der Waals surface area contributed by atoms with Crippen molar-refractivity contribution in [3.05, 3.63) is 48.5 Å². The summed E-state index contributed by atoms with van der Waals surface area (Å²) in [6.07, 6.45) is -0.731. The molecule has 34 heavy (non-hydrogen) atoms. The van der Waals surface area contributed by atoms with Gasteiger partial charge < -0.3 is 40.9 Å². The Morgan fingerprint density at radius 3 is 1.26 bits per heavy atom. The lowest BCUT2D eigenvalue weighted by Crippen LogP contribution is -2.30. The molecule has 0 aromatic heterocycles. The molecule has 2 aromatic carbocycles. The normalized spacial score (nSPS) is 9.76. The van der Waals surface area contributed by atoms with Gasteiger partial charge in [0.2, 0.25) is 11.8 Å². The summed E-state index contributed by atoms with van der Waals surface area (Å²) in [6, 6.07) is 12.1. The fourth-order valence-electron chi connectivity index (χ4n) is 2.44. The van der Waals surface area contributed by atoms with Crippen LogP contribution in [0.4, 0.5) is 11.4 Å². The molecule has 0 fully saturated rings. The summed E-state index contributed by atoms with van der Waals surface area (Å²) >= 11 is 0. The number of hydrogen-bond acceptors (Lipinski definition) is 8. The molecule has 0 radical (unpaired) electrons. The summed E-state index contributed by atoms with van der Waals surface area (Å²) in [4.78, 5) is 43.1. The summed E-state index contributed by atoms with van der Waals surface area (Å²) in [7, 11) is -3.21. The third kappa shape index (κ3) is 11.8. The Hall–Kier alpha value is -3.71. The molecule has 180 valence electrons. The van der Waals surface area contributed by atoms with E-state index >= 15 is 0 Å². The maximum Gasteiger partial charge on any atom is 0.488 e. The minimum atomic E-state index is -1.61. The van der Waals surface area contributed by atoms with Crippen LogP contribution in [0.15, 0.2) is 48.5 Å². The highest BCUT2D eigenvalue weighted by Crippen LogP contribution is 2.06. The smallest absolute Gasteiger partial charge is 0.481 e. The minimum Gasteiger partial charge on any atom is -0.481 e. The Morgan fingerprint density at radius 1 is 0.618 bits per heavy atom. The van der Waals surface area contributed by atoms with E-state index in [4.69, 9.17) is 30.3 Å². The Balaban J connectivity index is 0.000000340. The number of anilines is 2. The van der Waals surface area contributed by atoms with Crippen LogP contribution in [0.3, 0.4) is 0 Å². The molecule has 14 heteroatoms. The molecule has 0 atom stereocenters. The maximum atomic E-state index is 11.3. The van der Waals surface area contributed by atoms with Gasteiger partial charge in [0.25, 0.3) is 0 Å². The van der Waals surface area contributed by atoms with Gasteiger partial charge in [-0.15, -0.1) is 0 Å². The first-order valence-corrected chi connectivity index (χ1v) is 9.93. The predicted molar refractivity (Wildman–Crippen MR) is 124 cm³/mol. The van der Waals surface area contributed by atoms with Crippen LogP contribution in [-0.4, -0.2) is 68.3 Å². The first-order valence-electron chi connectivity index (χ1n) is 9.93. The molecule has 0 unspecified atom stereocenters. The van der Waals surface area contributed by atoms with Crippen LogP contribution < -0.4 is 21.6 Å². The quantitative estimate of drug-likeness (QED) is 0.184. The zero-order valence-corrected chi connectivity index (χ0v) is 17.9. The second-order valence-electron chi connectivity index (χ2n) is 6.88. The van der Waals surface area contributed by atoms with Gasteiger partial charge in [-0.2, -0.15) is 0 Å². The van der Waals surface area contributed by atoms with Crippen molar-refractivity contribution in [2.75, 3.05) is 10.6 Å². The van der Waals surface area contributed by atoms with E-state index in [0.29, 0.717) is 11.4 Å². The minimum absolute atomic E-state index is 0.124. The molecule has 0 heterocycles. The highest BCUT2D eigenvalue weighted by atomic mass is 16.4. The first-order chi connectivity index (χ1) is 16.0. The third-order valence-corrected chi connectivity index (χ3v) is 4.07. The number of hydrogen-bond donors (Lipinski definition) is 8. The van der Waals surface area contributed by atoms with Gasteiger partial charge in [0.05, 0.1) is 12.8 Å². The average Bonchev–Trinajstić information content (AvgIpc) is 2.77. The monoisotopic (exact) mass is 474 g/mol. The topological polar surface area (TPSA) is 214 Å². The van der Waals surface area contributed by atoms with E-state index in [0.717, 1.165) is 0 Å². The lowest BCUT2D eigenvalue weighted by Gasteiger charge is -2.06. The Bertz CT molecular complexity index is 921. The lowest BCUT2D eigenvalue weighted by atomic mass is 9.80. The molecule has 0 saturated carbocycles. The van der Waals surface area contributed by atoms with Gasteiger partial charge in [-0.05, 0) is 35.2 Å². The van der Waals surface area contributed by atoms with Crippen LogP contribution in [0.2, 0.25) is 0 Å². The van der Waals surface area contributed by atoms with E-state index in [1.807, 2.05) is 0 Å². The highest BCUT2D eigenvalue weighted by molar-refractivity contribution is 6.59. The molecule has 2 rings (SSSR count). The van der Waals surface area contributed by atoms with E-state index in [2.05, 4.69) is 10.6 Å². The van der Waals surface area contributed by atoms with Gasteiger partial charge in [0, 0.05) is 24.2 Å². The molecule has 0 aliphatic rings.